The van der Waals surface area contributed by atoms with Gasteiger partial charge in [0.1, 0.15) is 0 Å². The zero-order valence-corrected chi connectivity index (χ0v) is 18.5. The van der Waals surface area contributed by atoms with E-state index in [1.807, 2.05) is 36.4 Å². The monoisotopic (exact) mass is 450 g/mol. The molecular weight excluding hydrogens is 428 g/mol. The Morgan fingerprint density at radius 2 is 1.78 bits per heavy atom. The number of hydrogen-bond donors (Lipinski definition) is 2. The summed E-state index contributed by atoms with van der Waals surface area (Å²) in [5, 5.41) is 14.2. The van der Waals surface area contributed by atoms with Crippen LogP contribution < -0.4 is 16.2 Å². The van der Waals surface area contributed by atoms with Crippen molar-refractivity contribution in [2.75, 3.05) is 12.3 Å². The zero-order chi connectivity index (χ0) is 22.7. The summed E-state index contributed by atoms with van der Waals surface area (Å²) >= 11 is 1.14. The highest BCUT2D eigenvalue weighted by atomic mass is 32.2. The van der Waals surface area contributed by atoms with E-state index in [4.69, 9.17) is 0 Å². The van der Waals surface area contributed by atoms with E-state index < -0.39 is 11.9 Å². The van der Waals surface area contributed by atoms with Crippen molar-refractivity contribution in [2.45, 2.75) is 25.4 Å². The third kappa shape index (κ3) is 4.09. The van der Waals surface area contributed by atoms with Crippen LogP contribution in [0.3, 0.4) is 0 Å². The molecule has 0 spiro atoms. The largest absolute Gasteiger partial charge is 0.338 e. The lowest BCUT2D eigenvalue weighted by atomic mass is 10.1. The quantitative estimate of drug-likeness (QED) is 0.437. The minimum absolute atomic E-state index is 0.0312. The van der Waals surface area contributed by atoms with Crippen LogP contribution in [0.2, 0.25) is 0 Å². The van der Waals surface area contributed by atoms with Gasteiger partial charge in [0.15, 0.2) is 5.16 Å². The van der Waals surface area contributed by atoms with Gasteiger partial charge in [0.25, 0.3) is 5.56 Å². The van der Waals surface area contributed by atoms with Crippen molar-refractivity contribution in [2.24, 2.45) is 0 Å². The molecule has 164 valence electrons. The molecule has 0 aliphatic rings. The maximum Gasteiger partial charge on any atom is 0.321 e. The van der Waals surface area contributed by atoms with Gasteiger partial charge in [-0.05, 0) is 43.2 Å². The van der Waals surface area contributed by atoms with Crippen LogP contribution in [0.15, 0.2) is 58.5 Å². The normalized spacial score (nSPS) is 11.1. The Morgan fingerprint density at radius 1 is 1.03 bits per heavy atom. The summed E-state index contributed by atoms with van der Waals surface area (Å²) in [5.41, 5.74) is 2.29. The summed E-state index contributed by atoms with van der Waals surface area (Å²) < 4.78 is 3.28. The summed E-state index contributed by atoms with van der Waals surface area (Å²) in [4.78, 5) is 37.0. The Morgan fingerprint density at radius 3 is 2.50 bits per heavy atom. The van der Waals surface area contributed by atoms with Crippen molar-refractivity contribution in [3.8, 4) is 5.69 Å². The maximum absolute atomic E-state index is 13.3. The van der Waals surface area contributed by atoms with E-state index in [0.717, 1.165) is 23.7 Å². The fraction of sp³-hybridized carbons (Fsp3) is 0.227. The number of hydrogen-bond acceptors (Lipinski definition) is 6. The number of para-hydroxylation sites is 1. The smallest absolute Gasteiger partial charge is 0.321 e. The number of fused-ring (bicyclic) bond motifs is 3. The average Bonchev–Trinajstić information content (AvgIpc) is 3.22. The lowest BCUT2D eigenvalue weighted by molar-refractivity contribution is -0.117. The average molecular weight is 451 g/mol. The number of thioether (sulfide) groups is 1. The van der Waals surface area contributed by atoms with Gasteiger partial charge in [-0.3, -0.25) is 19.3 Å². The van der Waals surface area contributed by atoms with Crippen LogP contribution in [0, 0.1) is 0 Å². The first-order valence-electron chi connectivity index (χ1n) is 10.2. The van der Waals surface area contributed by atoms with Gasteiger partial charge in [0, 0.05) is 6.54 Å². The second-order valence-electron chi connectivity index (χ2n) is 6.99. The molecule has 2 aromatic carbocycles. The van der Waals surface area contributed by atoms with Crippen LogP contribution in [-0.2, 0) is 11.2 Å². The molecular formula is C22H22N6O3S. The highest BCUT2D eigenvalue weighted by Gasteiger charge is 2.19. The highest BCUT2D eigenvalue weighted by Crippen LogP contribution is 2.23. The Kier molecular flexibility index (Phi) is 6.22. The van der Waals surface area contributed by atoms with Gasteiger partial charge in [-0.25, -0.2) is 9.36 Å². The van der Waals surface area contributed by atoms with Crippen LogP contribution in [0.4, 0.5) is 4.79 Å². The molecule has 0 unspecified atom stereocenters. The van der Waals surface area contributed by atoms with Crippen LogP contribution >= 0.6 is 11.8 Å². The van der Waals surface area contributed by atoms with Crippen LogP contribution in [-0.4, -0.2) is 43.4 Å². The predicted octanol–water partition coefficient (Wildman–Crippen LogP) is 2.53. The molecule has 32 heavy (non-hydrogen) atoms. The molecule has 0 radical (unpaired) electrons. The maximum atomic E-state index is 13.3. The van der Waals surface area contributed by atoms with E-state index in [1.54, 1.807) is 23.5 Å². The molecule has 10 heteroatoms. The lowest BCUT2D eigenvalue weighted by Crippen LogP contribution is -2.40. The van der Waals surface area contributed by atoms with Crippen LogP contribution in [0.25, 0.3) is 22.4 Å². The summed E-state index contributed by atoms with van der Waals surface area (Å²) in [6.45, 7) is 4.25. The van der Waals surface area contributed by atoms with Gasteiger partial charge < -0.3 is 5.32 Å². The summed E-state index contributed by atoms with van der Waals surface area (Å²) in [7, 11) is 0. The first-order chi connectivity index (χ1) is 15.5. The fourth-order valence-electron chi connectivity index (χ4n) is 3.38. The van der Waals surface area contributed by atoms with E-state index in [0.29, 0.717) is 34.1 Å². The fourth-order valence-corrected chi connectivity index (χ4v) is 4.12. The zero-order valence-electron chi connectivity index (χ0n) is 17.7. The molecule has 0 aliphatic carbocycles. The number of imide groups is 1. The number of carbonyl (C=O) groups excluding carboxylic acids is 2. The molecule has 9 nitrogen and oxygen atoms in total. The second-order valence-corrected chi connectivity index (χ2v) is 7.93. The third-order valence-corrected chi connectivity index (χ3v) is 5.85. The molecule has 2 N–H and O–H groups in total. The lowest BCUT2D eigenvalue weighted by Gasteiger charge is -2.11. The highest BCUT2D eigenvalue weighted by molar-refractivity contribution is 7.99. The van der Waals surface area contributed by atoms with Gasteiger partial charge in [-0.1, -0.05) is 43.0 Å². The number of amides is 3. The molecule has 4 rings (SSSR count). The Hall–Kier alpha value is -3.66. The van der Waals surface area contributed by atoms with Gasteiger partial charge in [-0.15, -0.1) is 10.2 Å². The predicted molar refractivity (Wildman–Crippen MR) is 123 cm³/mol. The number of carbonyl (C=O) groups is 2. The summed E-state index contributed by atoms with van der Waals surface area (Å²) in [6.07, 6.45) is 0.895. The van der Waals surface area contributed by atoms with E-state index in [1.165, 1.54) is 4.57 Å². The minimum Gasteiger partial charge on any atom is -0.338 e. The Labute approximate surface area is 187 Å². The van der Waals surface area contributed by atoms with Crippen molar-refractivity contribution in [3.05, 3.63) is 64.4 Å². The van der Waals surface area contributed by atoms with Crippen molar-refractivity contribution in [3.63, 3.8) is 0 Å². The second kappa shape index (κ2) is 9.23. The molecule has 4 aromatic rings. The number of urea groups is 1. The number of benzene rings is 2. The van der Waals surface area contributed by atoms with E-state index in [2.05, 4.69) is 27.8 Å². The number of nitrogens with one attached hydrogen (secondary N) is 2. The molecule has 3 amide bonds. The number of aryl methyl sites for hydroxylation is 1. The molecule has 0 saturated heterocycles. The Bertz CT molecular complexity index is 1360. The van der Waals surface area contributed by atoms with Gasteiger partial charge in [0.2, 0.25) is 11.7 Å². The van der Waals surface area contributed by atoms with Gasteiger partial charge in [0.05, 0.1) is 22.3 Å². The number of nitrogens with zero attached hydrogens (tertiary/aromatic N) is 4. The summed E-state index contributed by atoms with van der Waals surface area (Å²) in [6, 6.07) is 14.4. The van der Waals surface area contributed by atoms with Crippen molar-refractivity contribution < 1.29 is 9.59 Å². The van der Waals surface area contributed by atoms with Gasteiger partial charge in [-0.2, -0.15) is 0 Å². The van der Waals surface area contributed by atoms with Gasteiger partial charge >= 0.3 is 6.03 Å². The van der Waals surface area contributed by atoms with Crippen molar-refractivity contribution >= 4 is 40.4 Å². The molecule has 0 saturated carbocycles. The standard InChI is InChI=1S/C22H22N6O3S/c1-3-14-9-11-15(12-10-14)27-19(30)16-7-5-6-8-17(16)28-21(27)25-26-22(28)32-13-18(29)24-20(31)23-4-2/h5-12H,3-4,13H2,1-2H3,(H2,23,24,29,31). The molecule has 0 atom stereocenters. The number of rotatable bonds is 6. The first kappa shape index (κ1) is 21.6. The number of aromatic nitrogens is 4. The first-order valence-corrected chi connectivity index (χ1v) is 11.2. The SMILES string of the molecule is CCNC(=O)NC(=O)CSc1nnc2n(-c3ccc(CC)cc3)c(=O)c3ccccc3n12. The minimum atomic E-state index is -0.543. The van der Waals surface area contributed by atoms with Crippen molar-refractivity contribution in [1.82, 2.24) is 29.8 Å². The van der Waals surface area contributed by atoms with E-state index in [-0.39, 0.29) is 11.3 Å². The van der Waals surface area contributed by atoms with E-state index in [9.17, 15) is 14.4 Å². The Balaban J connectivity index is 1.78. The van der Waals surface area contributed by atoms with Crippen LogP contribution in [0.1, 0.15) is 19.4 Å². The molecule has 2 heterocycles. The van der Waals surface area contributed by atoms with Crippen LogP contribution in [0.5, 0.6) is 0 Å². The summed E-state index contributed by atoms with van der Waals surface area (Å²) in [5.74, 6) is -0.133. The molecule has 0 fully saturated rings. The topological polar surface area (TPSA) is 110 Å². The van der Waals surface area contributed by atoms with Crippen molar-refractivity contribution in [1.29, 1.82) is 0 Å². The molecule has 0 bridgehead atoms. The molecule has 0 aliphatic heterocycles. The molecule has 2 aromatic heterocycles. The third-order valence-electron chi connectivity index (χ3n) is 4.92. The van der Waals surface area contributed by atoms with E-state index >= 15 is 0 Å².